The number of nitrogens with one attached hydrogen (secondary N) is 2. The van der Waals surface area contributed by atoms with E-state index >= 15 is 0 Å². The Bertz CT molecular complexity index is 740. The molecule has 7 nitrogen and oxygen atoms in total. The molecule has 1 saturated heterocycles. The van der Waals surface area contributed by atoms with E-state index in [0.717, 1.165) is 22.9 Å². The first-order valence-corrected chi connectivity index (χ1v) is 11.2. The predicted octanol–water partition coefficient (Wildman–Crippen LogP) is 3.26. The van der Waals surface area contributed by atoms with Gasteiger partial charge in [0.25, 0.3) is 0 Å². The van der Waals surface area contributed by atoms with E-state index in [1.807, 2.05) is 29.2 Å². The van der Waals surface area contributed by atoms with Gasteiger partial charge in [0.05, 0.1) is 6.42 Å². The average molecular weight is 482 g/mol. The van der Waals surface area contributed by atoms with Gasteiger partial charge in [-0.1, -0.05) is 28.1 Å². The van der Waals surface area contributed by atoms with Crippen LogP contribution in [0.2, 0.25) is 0 Å². The number of carbonyl (C=O) groups is 3. The highest BCUT2D eigenvalue weighted by Crippen LogP contribution is 2.17. The van der Waals surface area contributed by atoms with Gasteiger partial charge in [-0.25, -0.2) is 4.79 Å². The summed E-state index contributed by atoms with van der Waals surface area (Å²) in [4.78, 5) is 37.9. The number of likely N-dealkylation sites (tertiary alicyclic amines) is 1. The van der Waals surface area contributed by atoms with Crippen LogP contribution < -0.4 is 10.6 Å². The van der Waals surface area contributed by atoms with Crippen molar-refractivity contribution in [3.05, 3.63) is 34.3 Å². The molecule has 1 aromatic rings. The number of halogens is 1. The summed E-state index contributed by atoms with van der Waals surface area (Å²) in [5.41, 5.74) is 0.422. The lowest BCUT2D eigenvalue weighted by Gasteiger charge is -2.32. The van der Waals surface area contributed by atoms with E-state index in [0.29, 0.717) is 32.0 Å². The van der Waals surface area contributed by atoms with Crippen molar-refractivity contribution in [1.82, 2.24) is 15.5 Å². The number of benzene rings is 1. The van der Waals surface area contributed by atoms with E-state index in [4.69, 9.17) is 4.74 Å². The summed E-state index contributed by atoms with van der Waals surface area (Å²) in [5.74, 6) is 0.420. The third kappa shape index (κ3) is 9.15. The molecule has 0 spiro atoms. The monoisotopic (exact) mass is 481 g/mol. The Kier molecular flexibility index (Phi) is 9.14. The molecule has 2 rings (SSSR count). The molecule has 1 heterocycles. The Labute approximate surface area is 187 Å². The molecular weight excluding hydrogens is 450 g/mol. The fourth-order valence-electron chi connectivity index (χ4n) is 3.28. The van der Waals surface area contributed by atoms with Crippen LogP contribution in [-0.4, -0.2) is 54.6 Å². The smallest absolute Gasteiger partial charge is 0.407 e. The molecule has 30 heavy (non-hydrogen) atoms. The molecule has 0 saturated carbocycles. The van der Waals surface area contributed by atoms with Gasteiger partial charge >= 0.3 is 6.09 Å². The third-order valence-electron chi connectivity index (χ3n) is 4.82. The largest absolute Gasteiger partial charge is 0.444 e. The van der Waals surface area contributed by atoms with Crippen molar-refractivity contribution in [2.75, 3.05) is 26.2 Å². The molecule has 1 aromatic carbocycles. The maximum Gasteiger partial charge on any atom is 0.407 e. The molecule has 166 valence electrons. The Morgan fingerprint density at radius 1 is 1.17 bits per heavy atom. The molecule has 8 heteroatoms. The normalized spacial score (nSPS) is 14.9. The first-order valence-electron chi connectivity index (χ1n) is 10.4. The summed E-state index contributed by atoms with van der Waals surface area (Å²) in [6.07, 6.45) is 1.84. The second kappa shape index (κ2) is 11.3. The molecular formula is C22H32BrN3O4. The van der Waals surface area contributed by atoms with Crippen LogP contribution in [0.25, 0.3) is 0 Å². The maximum atomic E-state index is 12.3. The van der Waals surface area contributed by atoms with E-state index in [2.05, 4.69) is 26.6 Å². The van der Waals surface area contributed by atoms with Crippen LogP contribution in [0.3, 0.4) is 0 Å². The molecule has 3 amide bonds. The molecule has 0 aliphatic carbocycles. The van der Waals surface area contributed by atoms with Gasteiger partial charge in [0, 0.05) is 37.1 Å². The van der Waals surface area contributed by atoms with Gasteiger partial charge in [-0.3, -0.25) is 9.59 Å². The molecule has 1 aliphatic rings. The van der Waals surface area contributed by atoms with Crippen molar-refractivity contribution in [2.24, 2.45) is 5.92 Å². The van der Waals surface area contributed by atoms with Crippen LogP contribution in [-0.2, 0) is 20.7 Å². The zero-order chi connectivity index (χ0) is 22.1. The summed E-state index contributed by atoms with van der Waals surface area (Å²) in [6, 6.07) is 7.74. The summed E-state index contributed by atoms with van der Waals surface area (Å²) in [6.45, 7) is 7.64. The second-order valence-corrected chi connectivity index (χ2v) is 9.53. The van der Waals surface area contributed by atoms with E-state index in [9.17, 15) is 14.4 Å². The average Bonchev–Trinajstić information content (AvgIpc) is 2.65. The highest BCUT2D eigenvalue weighted by atomic mass is 79.9. The minimum absolute atomic E-state index is 0.0137. The zero-order valence-electron chi connectivity index (χ0n) is 18.0. The third-order valence-corrected chi connectivity index (χ3v) is 5.31. The Hall–Kier alpha value is -2.09. The number of rotatable bonds is 7. The van der Waals surface area contributed by atoms with E-state index in [1.165, 1.54) is 0 Å². The van der Waals surface area contributed by atoms with Gasteiger partial charge < -0.3 is 20.3 Å². The van der Waals surface area contributed by atoms with E-state index in [1.54, 1.807) is 20.8 Å². The summed E-state index contributed by atoms with van der Waals surface area (Å²) < 4.78 is 6.12. The minimum Gasteiger partial charge on any atom is -0.444 e. The van der Waals surface area contributed by atoms with Crippen molar-refractivity contribution in [3.8, 4) is 0 Å². The lowest BCUT2D eigenvalue weighted by molar-refractivity contribution is -0.132. The number of hydrogen-bond acceptors (Lipinski definition) is 4. The zero-order valence-corrected chi connectivity index (χ0v) is 19.6. The fraction of sp³-hybridized carbons (Fsp3) is 0.591. The molecule has 1 fully saturated rings. The Morgan fingerprint density at radius 2 is 1.87 bits per heavy atom. The lowest BCUT2D eigenvalue weighted by atomic mass is 9.96. The van der Waals surface area contributed by atoms with Gasteiger partial charge in [-0.15, -0.1) is 0 Å². The van der Waals surface area contributed by atoms with Crippen LogP contribution in [0.15, 0.2) is 28.7 Å². The van der Waals surface area contributed by atoms with Gasteiger partial charge in [0.1, 0.15) is 5.60 Å². The molecule has 0 atom stereocenters. The Morgan fingerprint density at radius 3 is 2.50 bits per heavy atom. The molecule has 0 radical (unpaired) electrons. The topological polar surface area (TPSA) is 87.7 Å². The molecule has 0 aromatic heterocycles. The number of hydrogen-bond donors (Lipinski definition) is 2. The first-order chi connectivity index (χ1) is 14.1. The molecule has 0 bridgehead atoms. The van der Waals surface area contributed by atoms with E-state index < -0.39 is 11.7 Å². The predicted molar refractivity (Wildman–Crippen MR) is 119 cm³/mol. The fourth-order valence-corrected chi connectivity index (χ4v) is 3.73. The van der Waals surface area contributed by atoms with Gasteiger partial charge in [-0.2, -0.15) is 0 Å². The van der Waals surface area contributed by atoms with Crippen molar-refractivity contribution in [2.45, 2.75) is 52.1 Å². The number of alkyl carbamates (subject to hydrolysis) is 1. The van der Waals surface area contributed by atoms with Gasteiger partial charge in [0.2, 0.25) is 11.8 Å². The summed E-state index contributed by atoms with van der Waals surface area (Å²) in [7, 11) is 0. The number of ether oxygens (including phenoxy) is 1. The Balaban J connectivity index is 1.61. The number of nitrogens with zero attached hydrogens (tertiary/aromatic N) is 1. The summed E-state index contributed by atoms with van der Waals surface area (Å²) in [5, 5.41) is 5.63. The standard InChI is InChI=1S/C22H32BrN3O4/c1-22(2,3)30-21(29)24-10-7-20(28)26-11-8-16(9-12-26)15-25-19(27)14-17-5-4-6-18(23)13-17/h4-6,13,16H,7-12,14-15H2,1-3H3,(H,24,29)(H,25,27). The van der Waals surface area contributed by atoms with Crippen molar-refractivity contribution >= 4 is 33.8 Å². The molecule has 0 unspecified atom stereocenters. The van der Waals surface area contributed by atoms with Crippen LogP contribution in [0.4, 0.5) is 4.79 Å². The molecule has 2 N–H and O–H groups in total. The second-order valence-electron chi connectivity index (χ2n) is 8.61. The van der Waals surface area contributed by atoms with Crippen LogP contribution in [0.1, 0.15) is 45.6 Å². The van der Waals surface area contributed by atoms with Crippen molar-refractivity contribution in [1.29, 1.82) is 0 Å². The number of amides is 3. The maximum absolute atomic E-state index is 12.3. The van der Waals surface area contributed by atoms with Gasteiger partial charge in [0.15, 0.2) is 0 Å². The lowest BCUT2D eigenvalue weighted by Crippen LogP contribution is -2.43. The molecule has 1 aliphatic heterocycles. The number of piperidine rings is 1. The van der Waals surface area contributed by atoms with Crippen molar-refractivity contribution < 1.29 is 19.1 Å². The number of carbonyl (C=O) groups excluding carboxylic acids is 3. The van der Waals surface area contributed by atoms with Crippen LogP contribution >= 0.6 is 15.9 Å². The van der Waals surface area contributed by atoms with Crippen LogP contribution in [0, 0.1) is 5.92 Å². The van der Waals surface area contributed by atoms with E-state index in [-0.39, 0.29) is 24.8 Å². The highest BCUT2D eigenvalue weighted by Gasteiger charge is 2.23. The quantitative estimate of drug-likeness (QED) is 0.625. The van der Waals surface area contributed by atoms with Gasteiger partial charge in [-0.05, 0) is 57.2 Å². The van der Waals surface area contributed by atoms with Crippen molar-refractivity contribution in [3.63, 3.8) is 0 Å². The highest BCUT2D eigenvalue weighted by molar-refractivity contribution is 9.10. The van der Waals surface area contributed by atoms with Crippen LogP contribution in [0.5, 0.6) is 0 Å². The minimum atomic E-state index is -0.552. The SMILES string of the molecule is CC(C)(C)OC(=O)NCCC(=O)N1CCC(CNC(=O)Cc2cccc(Br)c2)CC1. The first kappa shape index (κ1) is 24.2. The summed E-state index contributed by atoms with van der Waals surface area (Å²) >= 11 is 3.41.